The predicted molar refractivity (Wildman–Crippen MR) is 243 cm³/mol. The molecule has 0 fully saturated rings. The van der Waals surface area contributed by atoms with E-state index >= 15 is 0 Å². The van der Waals surface area contributed by atoms with Crippen LogP contribution in [0, 0.1) is 13.8 Å². The first-order chi connectivity index (χ1) is 27.1. The Morgan fingerprint density at radius 3 is 1.95 bits per heavy atom. The van der Waals surface area contributed by atoms with Crippen molar-refractivity contribution in [3.05, 3.63) is 148 Å². The zero-order valence-corrected chi connectivity index (χ0v) is 35.3. The Balaban J connectivity index is 1.21. The van der Waals surface area contributed by atoms with Gasteiger partial charge in [-0.2, -0.15) is 0 Å². The molecule has 0 spiro atoms. The lowest BCUT2D eigenvalue weighted by Crippen LogP contribution is -2.43. The van der Waals surface area contributed by atoms with Gasteiger partial charge >= 0.3 is 0 Å². The first-order valence-electron chi connectivity index (χ1n) is 21.1. The summed E-state index contributed by atoms with van der Waals surface area (Å²) in [4.78, 5) is 6.75. The van der Waals surface area contributed by atoms with E-state index in [0.717, 1.165) is 0 Å². The lowest BCUT2D eigenvalue weighted by atomic mass is 9.56. The molecule has 57 heavy (non-hydrogen) atoms. The van der Waals surface area contributed by atoms with Crippen LogP contribution < -0.4 is 15.8 Å². The van der Waals surface area contributed by atoms with Crippen molar-refractivity contribution in [1.82, 2.24) is 4.98 Å². The molecule has 0 bridgehead atoms. The van der Waals surface area contributed by atoms with Crippen LogP contribution in [0.3, 0.4) is 0 Å². The zero-order valence-electron chi connectivity index (χ0n) is 35.3. The maximum atomic E-state index is 4.06. The van der Waals surface area contributed by atoms with E-state index in [0.29, 0.717) is 0 Å². The summed E-state index contributed by atoms with van der Waals surface area (Å²) in [5.41, 5.74) is 26.7. The Kier molecular flexibility index (Phi) is 6.88. The van der Waals surface area contributed by atoms with Gasteiger partial charge in [0.25, 0.3) is 0 Å². The van der Waals surface area contributed by atoms with Crippen molar-refractivity contribution in [1.29, 1.82) is 0 Å². The third-order valence-electron chi connectivity index (χ3n) is 14.8. The molecule has 2 nitrogen and oxygen atoms in total. The third kappa shape index (κ3) is 4.55. The van der Waals surface area contributed by atoms with E-state index in [2.05, 4.69) is 190 Å². The summed E-state index contributed by atoms with van der Waals surface area (Å²) < 4.78 is 0. The molecule has 1 N–H and O–H groups in total. The molecule has 3 heteroatoms. The first-order valence-corrected chi connectivity index (χ1v) is 21.1. The number of hydrogen-bond donors (Lipinski definition) is 1. The van der Waals surface area contributed by atoms with Crippen LogP contribution >= 0.6 is 0 Å². The first kappa shape index (κ1) is 34.9. The van der Waals surface area contributed by atoms with Gasteiger partial charge < -0.3 is 9.88 Å². The Labute approximate surface area is 339 Å². The molecule has 2 heterocycles. The molecular weight excluding hydrogens is 687 g/mol. The fraction of sp³-hybridized carbons (Fsp3) is 0.296. The normalized spacial score (nSPS) is 18.2. The minimum Gasteiger partial charge on any atom is -0.357 e. The number of aromatic nitrogens is 1. The number of hydrogen-bond acceptors (Lipinski definition) is 1. The smallest absolute Gasteiger partial charge is 0.197 e. The second kappa shape index (κ2) is 11.2. The molecule has 3 aliphatic carbocycles. The number of nitrogens with one attached hydrogen (secondary N) is 1. The molecule has 0 unspecified atom stereocenters. The number of benzene rings is 6. The molecule has 1 aromatic heterocycles. The summed E-state index contributed by atoms with van der Waals surface area (Å²) >= 11 is 0. The molecule has 11 rings (SSSR count). The highest BCUT2D eigenvalue weighted by molar-refractivity contribution is 6.73. The number of aromatic amines is 1. The van der Waals surface area contributed by atoms with E-state index in [1.165, 1.54) is 130 Å². The molecule has 6 aromatic carbocycles. The monoisotopic (exact) mass is 739 g/mol. The topological polar surface area (TPSA) is 19.0 Å². The van der Waals surface area contributed by atoms with Gasteiger partial charge in [0.1, 0.15) is 0 Å². The van der Waals surface area contributed by atoms with Crippen molar-refractivity contribution in [2.45, 2.75) is 104 Å². The van der Waals surface area contributed by atoms with Crippen LogP contribution in [-0.2, 0) is 21.7 Å². The number of aryl methyl sites for hydroxylation is 2. The average Bonchev–Trinajstić information content (AvgIpc) is 3.76. The lowest BCUT2D eigenvalue weighted by molar-refractivity contribution is 0.332. The number of nitrogens with zero attached hydrogens (tertiary/aromatic N) is 1. The van der Waals surface area contributed by atoms with Crippen molar-refractivity contribution >= 4 is 46.2 Å². The SMILES string of the molecule is Cc1cc(-c2cccc3c4c([nH]c23)C(C)(C)c2ccccc2-4)c2c(c1)N(c1cc3c(cc1C)C(C)(C)CCC3(C)C)c1c(ccc3c1C(C)(C)c1ccccc1-3)[B]2. The average molecular weight is 740 g/mol. The molecule has 0 saturated carbocycles. The molecule has 7 aromatic rings. The van der Waals surface area contributed by atoms with Crippen molar-refractivity contribution < 1.29 is 0 Å². The summed E-state index contributed by atoms with van der Waals surface area (Å²) in [5, 5.41) is 1.30. The van der Waals surface area contributed by atoms with E-state index in [4.69, 9.17) is 0 Å². The van der Waals surface area contributed by atoms with Crippen molar-refractivity contribution in [2.75, 3.05) is 4.90 Å². The van der Waals surface area contributed by atoms with Gasteiger partial charge in [0.15, 0.2) is 7.28 Å². The largest absolute Gasteiger partial charge is 0.357 e. The summed E-state index contributed by atoms with van der Waals surface area (Å²) in [6.07, 6.45) is 2.39. The Morgan fingerprint density at radius 1 is 0.561 bits per heavy atom. The Morgan fingerprint density at radius 2 is 1.21 bits per heavy atom. The van der Waals surface area contributed by atoms with Crippen molar-refractivity contribution in [3.63, 3.8) is 0 Å². The highest BCUT2D eigenvalue weighted by Crippen LogP contribution is 2.57. The molecule has 0 atom stereocenters. The maximum Gasteiger partial charge on any atom is 0.197 e. The highest BCUT2D eigenvalue weighted by Gasteiger charge is 2.44. The molecule has 0 saturated heterocycles. The number of fused-ring (bicyclic) bond motifs is 12. The van der Waals surface area contributed by atoms with Crippen LogP contribution in [0.5, 0.6) is 0 Å². The number of anilines is 3. The summed E-state index contributed by atoms with van der Waals surface area (Å²) in [5.74, 6) is 0. The van der Waals surface area contributed by atoms with Gasteiger partial charge in [-0.15, -0.1) is 0 Å². The molecule has 281 valence electrons. The van der Waals surface area contributed by atoms with Crippen LogP contribution in [0.2, 0.25) is 0 Å². The van der Waals surface area contributed by atoms with E-state index in [9.17, 15) is 0 Å². The van der Waals surface area contributed by atoms with Crippen molar-refractivity contribution in [2.24, 2.45) is 0 Å². The maximum absolute atomic E-state index is 4.06. The van der Waals surface area contributed by atoms with Gasteiger partial charge in [-0.1, -0.05) is 152 Å². The minimum absolute atomic E-state index is 0.0861. The van der Waals surface area contributed by atoms with Crippen LogP contribution in [-0.4, -0.2) is 12.3 Å². The fourth-order valence-corrected chi connectivity index (χ4v) is 11.6. The van der Waals surface area contributed by atoms with Gasteiger partial charge in [-0.25, -0.2) is 0 Å². The number of para-hydroxylation sites is 1. The quantitative estimate of drug-likeness (QED) is 0.175. The van der Waals surface area contributed by atoms with Gasteiger partial charge in [0.05, 0.1) is 5.52 Å². The highest BCUT2D eigenvalue weighted by atomic mass is 15.2. The van der Waals surface area contributed by atoms with E-state index in [-0.39, 0.29) is 21.7 Å². The molecular formula is C54H52BN2. The molecule has 0 amide bonds. The summed E-state index contributed by atoms with van der Waals surface area (Å²) in [6.45, 7) is 24.0. The summed E-state index contributed by atoms with van der Waals surface area (Å²) in [6, 6.07) is 39.8. The van der Waals surface area contributed by atoms with E-state index in [1.54, 1.807) is 0 Å². The van der Waals surface area contributed by atoms with Crippen LogP contribution in [0.15, 0.2) is 103 Å². The summed E-state index contributed by atoms with van der Waals surface area (Å²) in [7, 11) is 2.50. The van der Waals surface area contributed by atoms with E-state index < -0.39 is 0 Å². The second-order valence-electron chi connectivity index (χ2n) is 20.0. The van der Waals surface area contributed by atoms with Gasteiger partial charge in [-0.3, -0.25) is 0 Å². The molecule has 4 aliphatic rings. The second-order valence-corrected chi connectivity index (χ2v) is 20.0. The van der Waals surface area contributed by atoms with Gasteiger partial charge in [0, 0.05) is 50.1 Å². The van der Waals surface area contributed by atoms with E-state index in [1.807, 2.05) is 0 Å². The predicted octanol–water partition coefficient (Wildman–Crippen LogP) is 12.9. The van der Waals surface area contributed by atoms with Crippen LogP contribution in [0.25, 0.3) is 44.3 Å². The minimum atomic E-state index is -0.170. The zero-order chi connectivity index (χ0) is 39.6. The van der Waals surface area contributed by atoms with Gasteiger partial charge in [0.2, 0.25) is 0 Å². The van der Waals surface area contributed by atoms with Crippen molar-refractivity contribution in [3.8, 4) is 33.4 Å². The van der Waals surface area contributed by atoms with Crippen LogP contribution in [0.1, 0.15) is 113 Å². The Bertz CT molecular complexity index is 2910. The third-order valence-corrected chi connectivity index (χ3v) is 14.8. The number of rotatable bonds is 2. The lowest BCUT2D eigenvalue weighted by Gasteiger charge is -2.44. The van der Waals surface area contributed by atoms with Gasteiger partial charge in [-0.05, 0) is 116 Å². The Hall–Kier alpha value is -5.28. The fourth-order valence-electron chi connectivity index (χ4n) is 11.6. The standard InChI is InChI=1S/C54H52BN2/c1-30-26-37(34-18-15-19-36-45-35-17-12-14-21-39(35)54(9,10)50(45)56-48(34)36)47-44(27-30)57(43-29-41-40(28-31(43)2)51(3,4)24-25-52(41,5)6)49-42(55-47)23-22-33-32-16-11-13-20-38(32)53(7,8)46(33)49/h11-23,26-29,56H,24-25H2,1-10H3. The molecule has 1 radical (unpaired) electrons. The van der Waals surface area contributed by atoms with Crippen LogP contribution in [0.4, 0.5) is 17.1 Å². The number of H-pyrrole nitrogens is 1. The molecule has 1 aliphatic heterocycles.